The van der Waals surface area contributed by atoms with Crippen molar-refractivity contribution in [3.8, 4) is 5.75 Å². The number of Topliss-reactive ketones (excluding diaryl/α,β-unsaturated/α-hetero) is 1. The Labute approximate surface area is 162 Å². The van der Waals surface area contributed by atoms with Crippen molar-refractivity contribution in [3.05, 3.63) is 27.2 Å². The zero-order valence-electron chi connectivity index (χ0n) is 14.0. The largest absolute Gasteiger partial charge is 0.492 e. The first kappa shape index (κ1) is 18.5. The molecule has 0 heterocycles. The summed E-state index contributed by atoms with van der Waals surface area (Å²) in [7, 11) is 0. The van der Waals surface area contributed by atoms with E-state index in [2.05, 4.69) is 22.9 Å². The van der Waals surface area contributed by atoms with Crippen LogP contribution in [0.15, 0.2) is 6.07 Å². The molecule has 24 heavy (non-hydrogen) atoms. The zero-order valence-corrected chi connectivity index (χ0v) is 17.1. The Hall–Kier alpha value is -0.250. The molecule has 132 valence electrons. The van der Waals surface area contributed by atoms with Crippen LogP contribution in [0.2, 0.25) is 10.0 Å². The summed E-state index contributed by atoms with van der Waals surface area (Å²) in [5, 5.41) is 1.71. The van der Waals surface area contributed by atoms with E-state index in [9.17, 15) is 4.79 Å². The Bertz CT molecular complexity index is 641. The van der Waals surface area contributed by atoms with Crippen LogP contribution in [0.25, 0.3) is 0 Å². The number of carbonyl (C=O) groups excluding carboxylic acids is 1. The molecule has 0 amide bonds. The van der Waals surface area contributed by atoms with Crippen LogP contribution in [-0.4, -0.2) is 17.7 Å². The number of unbranched alkanes of at least 4 members (excludes halogenated alkanes) is 1. The fraction of sp³-hybridized carbons (Fsp3) is 0.632. The molecule has 0 aliphatic heterocycles. The van der Waals surface area contributed by atoms with Crippen LogP contribution in [0.4, 0.5) is 0 Å². The van der Waals surface area contributed by atoms with Crippen molar-refractivity contribution in [3.63, 3.8) is 0 Å². The predicted molar refractivity (Wildman–Crippen MR) is 103 cm³/mol. The maximum atomic E-state index is 13.1. The van der Waals surface area contributed by atoms with E-state index < -0.39 is 0 Å². The van der Waals surface area contributed by atoms with Crippen molar-refractivity contribution >= 4 is 44.9 Å². The van der Waals surface area contributed by atoms with Crippen LogP contribution in [0, 0.1) is 11.3 Å². The van der Waals surface area contributed by atoms with Crippen molar-refractivity contribution < 1.29 is 9.53 Å². The van der Waals surface area contributed by atoms with Crippen LogP contribution in [0.5, 0.6) is 5.75 Å². The van der Waals surface area contributed by atoms with Crippen LogP contribution in [0.3, 0.4) is 0 Å². The Kier molecular flexibility index (Phi) is 5.83. The van der Waals surface area contributed by atoms with E-state index in [1.807, 2.05) is 6.07 Å². The summed E-state index contributed by atoms with van der Waals surface area (Å²) in [6.07, 6.45) is 7.47. The lowest BCUT2D eigenvalue weighted by Crippen LogP contribution is -2.32. The molecule has 0 radical (unpaired) electrons. The second kappa shape index (κ2) is 7.55. The van der Waals surface area contributed by atoms with E-state index in [1.54, 1.807) is 0 Å². The average molecular weight is 434 g/mol. The molecule has 0 spiro atoms. The second-order valence-electron chi connectivity index (χ2n) is 7.19. The zero-order chi connectivity index (χ0) is 17.3. The highest BCUT2D eigenvalue weighted by atomic mass is 79.9. The smallest absolute Gasteiger partial charge is 0.171 e. The molecule has 0 saturated heterocycles. The van der Waals surface area contributed by atoms with Gasteiger partial charge in [0.15, 0.2) is 5.78 Å². The van der Waals surface area contributed by atoms with Gasteiger partial charge in [0.05, 0.1) is 11.6 Å². The Morgan fingerprint density at radius 2 is 1.96 bits per heavy atom. The highest BCUT2D eigenvalue weighted by molar-refractivity contribution is 9.09. The highest BCUT2D eigenvalue weighted by Crippen LogP contribution is 2.52. The van der Waals surface area contributed by atoms with Gasteiger partial charge in [-0.2, -0.15) is 0 Å². The molecule has 2 nitrogen and oxygen atoms in total. The highest BCUT2D eigenvalue weighted by Gasteiger charge is 2.49. The van der Waals surface area contributed by atoms with Crippen molar-refractivity contribution in [2.24, 2.45) is 11.3 Å². The van der Waals surface area contributed by atoms with E-state index in [4.69, 9.17) is 27.9 Å². The van der Waals surface area contributed by atoms with Gasteiger partial charge < -0.3 is 4.74 Å². The summed E-state index contributed by atoms with van der Waals surface area (Å²) in [5.41, 5.74) is 1.29. The maximum Gasteiger partial charge on any atom is 0.171 e. The molecule has 1 atom stereocenters. The van der Waals surface area contributed by atoms with E-state index in [0.717, 1.165) is 43.0 Å². The van der Waals surface area contributed by atoms with Crippen molar-refractivity contribution in [1.29, 1.82) is 0 Å². The maximum absolute atomic E-state index is 13.1. The van der Waals surface area contributed by atoms with Gasteiger partial charge in [-0.25, -0.2) is 0 Å². The number of hydrogen-bond acceptors (Lipinski definition) is 2. The van der Waals surface area contributed by atoms with Gasteiger partial charge in [-0.1, -0.05) is 58.9 Å². The number of ether oxygens (including phenoxy) is 1. The predicted octanol–water partition coefficient (Wildman–Crippen LogP) is 6.48. The van der Waals surface area contributed by atoms with Gasteiger partial charge in [0.2, 0.25) is 0 Å². The lowest BCUT2D eigenvalue weighted by atomic mass is 9.73. The van der Waals surface area contributed by atoms with Gasteiger partial charge >= 0.3 is 0 Å². The van der Waals surface area contributed by atoms with E-state index in [-0.39, 0.29) is 11.2 Å². The second-order valence-corrected chi connectivity index (χ2v) is 8.74. The fourth-order valence-corrected chi connectivity index (χ4v) is 5.08. The molecule has 1 fully saturated rings. The topological polar surface area (TPSA) is 26.3 Å². The monoisotopic (exact) mass is 432 g/mol. The molecule has 5 heteroatoms. The van der Waals surface area contributed by atoms with Gasteiger partial charge in [0.25, 0.3) is 0 Å². The third kappa shape index (κ3) is 3.24. The number of alkyl halides is 1. The molecule has 3 rings (SSSR count). The molecule has 0 aromatic heterocycles. The number of hydrogen-bond donors (Lipinski definition) is 0. The van der Waals surface area contributed by atoms with Crippen LogP contribution in [-0.2, 0) is 6.42 Å². The van der Waals surface area contributed by atoms with Crippen molar-refractivity contribution in [2.45, 2.75) is 51.9 Å². The molecule has 1 aromatic carbocycles. The van der Waals surface area contributed by atoms with Crippen LogP contribution >= 0.6 is 39.1 Å². The molecule has 0 N–H and O–H groups in total. The summed E-state index contributed by atoms with van der Waals surface area (Å²) < 4.78 is 5.83. The number of ketones is 1. The summed E-state index contributed by atoms with van der Waals surface area (Å²) in [6, 6.07) is 1.94. The summed E-state index contributed by atoms with van der Waals surface area (Å²) >= 11 is 16.3. The van der Waals surface area contributed by atoms with Crippen LogP contribution in [0.1, 0.15) is 61.4 Å². The number of benzene rings is 1. The summed E-state index contributed by atoms with van der Waals surface area (Å²) in [6.45, 7) is 2.71. The Morgan fingerprint density at radius 1 is 1.25 bits per heavy atom. The minimum atomic E-state index is -0.333. The van der Waals surface area contributed by atoms with Gasteiger partial charge in [-0.3, -0.25) is 4.79 Å². The van der Waals surface area contributed by atoms with E-state index in [1.165, 1.54) is 12.8 Å². The lowest BCUT2D eigenvalue weighted by Gasteiger charge is -2.29. The molecule has 1 aromatic rings. The van der Waals surface area contributed by atoms with Crippen LogP contribution < -0.4 is 4.74 Å². The van der Waals surface area contributed by atoms with E-state index in [0.29, 0.717) is 33.9 Å². The summed E-state index contributed by atoms with van der Waals surface area (Å²) in [5.74, 6) is 1.23. The first-order valence-electron chi connectivity index (χ1n) is 8.73. The fourth-order valence-electron chi connectivity index (χ4n) is 4.18. The number of halogens is 3. The first-order chi connectivity index (χ1) is 11.5. The summed E-state index contributed by atoms with van der Waals surface area (Å²) in [4.78, 5) is 13.1. The van der Waals surface area contributed by atoms with Gasteiger partial charge in [-0.15, -0.1) is 0 Å². The van der Waals surface area contributed by atoms with E-state index >= 15 is 0 Å². The third-order valence-electron chi connectivity index (χ3n) is 5.60. The molecule has 1 saturated carbocycles. The molecule has 0 unspecified atom stereocenters. The number of rotatable bonds is 6. The molecular weight excluding hydrogens is 411 g/mol. The quantitative estimate of drug-likeness (QED) is 0.378. The Balaban J connectivity index is 1.86. The average Bonchev–Trinajstić information content (AvgIpc) is 3.17. The van der Waals surface area contributed by atoms with Crippen molar-refractivity contribution in [2.75, 3.05) is 11.9 Å². The van der Waals surface area contributed by atoms with Gasteiger partial charge in [0.1, 0.15) is 10.8 Å². The number of carbonyl (C=O) groups is 1. The standard InChI is InChI=1S/C19H23BrCl2O2/c1-19(13-6-2-3-7-13)11-12-10-14(24-9-5-4-8-20)16(21)17(22)15(12)18(19)23/h10,13H,2-9,11H2,1H3/t19-/m1/s1. The molecule has 2 aliphatic carbocycles. The van der Waals surface area contributed by atoms with Gasteiger partial charge in [0, 0.05) is 16.3 Å². The third-order valence-corrected chi connectivity index (χ3v) is 7.01. The lowest BCUT2D eigenvalue weighted by molar-refractivity contribution is 0.0744. The van der Waals surface area contributed by atoms with Gasteiger partial charge in [-0.05, 0) is 49.7 Å². The molecule has 0 bridgehead atoms. The minimum Gasteiger partial charge on any atom is -0.492 e. The SMILES string of the molecule is C[C@]1(C2CCCC2)Cc2cc(OCCCCBr)c(Cl)c(Cl)c2C1=O. The normalized spacial score (nSPS) is 23.8. The first-order valence-corrected chi connectivity index (χ1v) is 10.6. The molecule has 2 aliphatic rings. The molecular formula is C19H23BrCl2O2. The Morgan fingerprint density at radius 3 is 2.62 bits per heavy atom. The minimum absolute atomic E-state index is 0.169. The number of fused-ring (bicyclic) bond motifs is 1. The van der Waals surface area contributed by atoms with Crippen molar-refractivity contribution in [1.82, 2.24) is 0 Å².